The van der Waals surface area contributed by atoms with E-state index in [1.807, 2.05) is 11.0 Å². The number of carbonyl (C=O) groups excluding carboxylic acids is 1. The minimum atomic E-state index is -3.26. The van der Waals surface area contributed by atoms with Crippen LogP contribution < -0.4 is 0 Å². The summed E-state index contributed by atoms with van der Waals surface area (Å²) in [5.74, 6) is 0.552. The molecular weight excluding hydrogens is 336 g/mol. The molecule has 2 fully saturated rings. The monoisotopic (exact) mass is 364 g/mol. The van der Waals surface area contributed by atoms with Gasteiger partial charge in [0, 0.05) is 32.6 Å². The lowest BCUT2D eigenvalue weighted by Gasteiger charge is -2.32. The highest BCUT2D eigenvalue weighted by molar-refractivity contribution is 7.89. The Labute approximate surface area is 151 Å². The second-order valence-corrected chi connectivity index (χ2v) is 9.27. The number of sulfonamides is 1. The highest BCUT2D eigenvalue weighted by atomic mass is 32.2. The Hall–Kier alpha value is -1.40. The van der Waals surface area contributed by atoms with Crippen LogP contribution in [-0.4, -0.2) is 55.5 Å². The molecule has 138 valence electrons. The van der Waals surface area contributed by atoms with Crippen LogP contribution in [0.1, 0.15) is 37.7 Å². The Morgan fingerprint density at radius 2 is 1.64 bits per heavy atom. The Morgan fingerprint density at radius 3 is 2.28 bits per heavy atom. The summed E-state index contributed by atoms with van der Waals surface area (Å²) in [5.41, 5.74) is 1.35. The summed E-state index contributed by atoms with van der Waals surface area (Å²) in [6, 6.07) is 10.5. The van der Waals surface area contributed by atoms with Crippen molar-refractivity contribution in [3.05, 3.63) is 35.9 Å². The quantitative estimate of drug-likeness (QED) is 0.778. The second kappa shape index (κ2) is 8.32. The average Bonchev–Trinajstić information content (AvgIpc) is 3.17. The maximum Gasteiger partial charge on any atom is 0.223 e. The number of nitrogens with zero attached hydrogens (tertiary/aromatic N) is 2. The van der Waals surface area contributed by atoms with Gasteiger partial charge in [0.15, 0.2) is 0 Å². The molecule has 6 heteroatoms. The molecule has 2 heterocycles. The maximum atomic E-state index is 12.4. The number of hydrogen-bond donors (Lipinski definition) is 0. The van der Waals surface area contributed by atoms with E-state index in [2.05, 4.69) is 24.3 Å². The van der Waals surface area contributed by atoms with Crippen molar-refractivity contribution >= 4 is 15.9 Å². The van der Waals surface area contributed by atoms with Gasteiger partial charge in [-0.3, -0.25) is 4.79 Å². The normalized spacial score (nSPS) is 20.1. The Balaban J connectivity index is 1.42. The third-order valence-electron chi connectivity index (χ3n) is 5.37. The molecule has 2 saturated heterocycles. The smallest absolute Gasteiger partial charge is 0.223 e. The molecular formula is C19H28N2O3S. The van der Waals surface area contributed by atoms with Gasteiger partial charge < -0.3 is 4.90 Å². The Kier molecular flexibility index (Phi) is 6.12. The standard InChI is InChI=1S/C19H28N2O3S/c22-19(10-15-25(23,24)21-11-4-5-12-21)20-13-8-18(9-14-20)16-17-6-2-1-3-7-17/h1-3,6-7,18H,4-5,8-16H2. The summed E-state index contributed by atoms with van der Waals surface area (Å²) >= 11 is 0. The summed E-state index contributed by atoms with van der Waals surface area (Å²) in [4.78, 5) is 14.2. The maximum absolute atomic E-state index is 12.4. The molecule has 1 aromatic rings. The number of piperidine rings is 1. The largest absolute Gasteiger partial charge is 0.343 e. The summed E-state index contributed by atoms with van der Waals surface area (Å²) in [7, 11) is -3.26. The number of hydrogen-bond acceptors (Lipinski definition) is 3. The lowest BCUT2D eigenvalue weighted by Crippen LogP contribution is -2.40. The number of carbonyl (C=O) groups is 1. The van der Waals surface area contributed by atoms with Crippen molar-refractivity contribution in [2.45, 2.75) is 38.5 Å². The van der Waals surface area contributed by atoms with Gasteiger partial charge in [0.25, 0.3) is 0 Å². The fraction of sp³-hybridized carbons (Fsp3) is 0.632. The van der Waals surface area contributed by atoms with Crippen LogP contribution in [0.2, 0.25) is 0 Å². The molecule has 0 spiro atoms. The third kappa shape index (κ3) is 5.05. The van der Waals surface area contributed by atoms with Crippen molar-refractivity contribution in [2.75, 3.05) is 31.9 Å². The predicted molar refractivity (Wildman–Crippen MR) is 98.7 cm³/mol. The molecule has 0 aliphatic carbocycles. The molecule has 0 atom stereocenters. The summed E-state index contributed by atoms with van der Waals surface area (Å²) in [5, 5.41) is 0. The number of likely N-dealkylation sites (tertiary alicyclic amines) is 1. The molecule has 2 aliphatic rings. The molecule has 0 aromatic heterocycles. The van der Waals surface area contributed by atoms with Crippen LogP contribution in [0, 0.1) is 5.92 Å². The first kappa shape index (κ1) is 18.4. The fourth-order valence-corrected chi connectivity index (χ4v) is 5.31. The van der Waals surface area contributed by atoms with Gasteiger partial charge in [-0.05, 0) is 43.6 Å². The van der Waals surface area contributed by atoms with E-state index in [4.69, 9.17) is 0 Å². The van der Waals surface area contributed by atoms with E-state index in [9.17, 15) is 13.2 Å². The molecule has 0 saturated carbocycles. The molecule has 0 bridgehead atoms. The van der Waals surface area contributed by atoms with Gasteiger partial charge in [-0.25, -0.2) is 12.7 Å². The van der Waals surface area contributed by atoms with E-state index < -0.39 is 10.0 Å². The first-order valence-corrected chi connectivity index (χ1v) is 10.9. The van der Waals surface area contributed by atoms with Crippen LogP contribution in [0.4, 0.5) is 0 Å². The topological polar surface area (TPSA) is 57.7 Å². The minimum Gasteiger partial charge on any atom is -0.343 e. The number of amides is 1. The van der Waals surface area contributed by atoms with Gasteiger partial charge in [-0.2, -0.15) is 0 Å². The van der Waals surface area contributed by atoms with E-state index >= 15 is 0 Å². The molecule has 1 amide bonds. The van der Waals surface area contributed by atoms with Crippen LogP contribution in [-0.2, 0) is 21.2 Å². The first-order valence-electron chi connectivity index (χ1n) is 9.34. The zero-order chi connectivity index (χ0) is 17.7. The van der Waals surface area contributed by atoms with Crippen LogP contribution in [0.3, 0.4) is 0 Å². The van der Waals surface area contributed by atoms with Crippen molar-refractivity contribution in [1.82, 2.24) is 9.21 Å². The predicted octanol–water partition coefficient (Wildman–Crippen LogP) is 2.28. The van der Waals surface area contributed by atoms with Crippen molar-refractivity contribution in [1.29, 1.82) is 0 Å². The number of benzene rings is 1. The van der Waals surface area contributed by atoms with E-state index in [-0.39, 0.29) is 18.1 Å². The molecule has 25 heavy (non-hydrogen) atoms. The summed E-state index contributed by atoms with van der Waals surface area (Å²) in [6.45, 7) is 2.73. The Bertz CT molecular complexity index is 661. The SMILES string of the molecule is O=C(CCS(=O)(=O)N1CCCC1)N1CCC(Cc2ccccc2)CC1. The van der Waals surface area contributed by atoms with Gasteiger partial charge in [0.2, 0.25) is 15.9 Å². The van der Waals surface area contributed by atoms with Gasteiger partial charge >= 0.3 is 0 Å². The van der Waals surface area contributed by atoms with Gasteiger partial charge in [-0.1, -0.05) is 30.3 Å². The van der Waals surface area contributed by atoms with Crippen LogP contribution in [0.5, 0.6) is 0 Å². The zero-order valence-electron chi connectivity index (χ0n) is 14.8. The fourth-order valence-electron chi connectivity index (χ4n) is 3.80. The van der Waals surface area contributed by atoms with E-state index in [1.54, 1.807) is 0 Å². The Morgan fingerprint density at radius 1 is 1.00 bits per heavy atom. The van der Waals surface area contributed by atoms with Crippen LogP contribution >= 0.6 is 0 Å². The molecule has 1 aromatic carbocycles. The van der Waals surface area contributed by atoms with Crippen molar-refractivity contribution < 1.29 is 13.2 Å². The summed E-state index contributed by atoms with van der Waals surface area (Å²) in [6.07, 6.45) is 5.04. The van der Waals surface area contributed by atoms with E-state index in [0.717, 1.165) is 45.2 Å². The first-order chi connectivity index (χ1) is 12.0. The molecule has 0 N–H and O–H groups in total. The van der Waals surface area contributed by atoms with E-state index in [1.165, 1.54) is 9.87 Å². The second-order valence-electron chi connectivity index (χ2n) is 7.19. The highest BCUT2D eigenvalue weighted by Gasteiger charge is 2.28. The van der Waals surface area contributed by atoms with E-state index in [0.29, 0.717) is 19.0 Å². The highest BCUT2D eigenvalue weighted by Crippen LogP contribution is 2.22. The molecule has 0 radical (unpaired) electrons. The number of rotatable bonds is 6. The van der Waals surface area contributed by atoms with Crippen molar-refractivity contribution in [2.24, 2.45) is 5.92 Å². The van der Waals surface area contributed by atoms with Crippen LogP contribution in [0.25, 0.3) is 0 Å². The zero-order valence-corrected chi connectivity index (χ0v) is 15.6. The van der Waals surface area contributed by atoms with Gasteiger partial charge in [0.1, 0.15) is 0 Å². The molecule has 3 rings (SSSR count). The van der Waals surface area contributed by atoms with Gasteiger partial charge in [0.05, 0.1) is 5.75 Å². The molecule has 5 nitrogen and oxygen atoms in total. The molecule has 2 aliphatic heterocycles. The minimum absolute atomic E-state index is 0.0130. The van der Waals surface area contributed by atoms with Crippen molar-refractivity contribution in [3.63, 3.8) is 0 Å². The van der Waals surface area contributed by atoms with Gasteiger partial charge in [-0.15, -0.1) is 0 Å². The average molecular weight is 365 g/mol. The lowest BCUT2D eigenvalue weighted by atomic mass is 9.90. The summed E-state index contributed by atoms with van der Waals surface area (Å²) < 4.78 is 26.0. The van der Waals surface area contributed by atoms with Crippen LogP contribution in [0.15, 0.2) is 30.3 Å². The van der Waals surface area contributed by atoms with Crippen molar-refractivity contribution in [3.8, 4) is 0 Å². The lowest BCUT2D eigenvalue weighted by molar-refractivity contribution is -0.132. The molecule has 0 unspecified atom stereocenters. The third-order valence-corrected chi connectivity index (χ3v) is 7.24.